The van der Waals surface area contributed by atoms with Crippen molar-refractivity contribution in [2.24, 2.45) is 16.5 Å². The molecule has 0 aliphatic carbocycles. The van der Waals surface area contributed by atoms with Gasteiger partial charge in [0.2, 0.25) is 0 Å². The van der Waals surface area contributed by atoms with Gasteiger partial charge < -0.3 is 22.5 Å². The predicted octanol–water partition coefficient (Wildman–Crippen LogP) is 1.01. The van der Waals surface area contributed by atoms with Gasteiger partial charge in [-0.25, -0.2) is 9.97 Å². The van der Waals surface area contributed by atoms with Crippen molar-refractivity contribution < 1.29 is 4.79 Å². The zero-order valence-corrected chi connectivity index (χ0v) is 14.0. The van der Waals surface area contributed by atoms with Gasteiger partial charge in [0.15, 0.2) is 11.5 Å². The molecule has 1 aromatic carbocycles. The zero-order chi connectivity index (χ0) is 18.2. The van der Waals surface area contributed by atoms with Crippen LogP contribution in [0.2, 0.25) is 5.02 Å². The van der Waals surface area contributed by atoms with E-state index in [2.05, 4.69) is 20.3 Å². The number of nitrogens with zero attached hydrogens (tertiary/aromatic N) is 3. The van der Waals surface area contributed by atoms with Crippen molar-refractivity contribution in [2.45, 2.75) is 6.04 Å². The van der Waals surface area contributed by atoms with Crippen LogP contribution in [0.1, 0.15) is 22.1 Å². The van der Waals surface area contributed by atoms with Crippen LogP contribution in [0.5, 0.6) is 0 Å². The summed E-state index contributed by atoms with van der Waals surface area (Å²) < 4.78 is 0. The molecule has 1 aromatic heterocycles. The van der Waals surface area contributed by atoms with E-state index in [0.29, 0.717) is 5.02 Å². The Morgan fingerprint density at radius 2 is 2.12 bits per heavy atom. The van der Waals surface area contributed by atoms with Gasteiger partial charge in [-0.2, -0.15) is 0 Å². The van der Waals surface area contributed by atoms with Crippen molar-refractivity contribution in [3.05, 3.63) is 64.8 Å². The summed E-state index contributed by atoms with van der Waals surface area (Å²) in [6.07, 6.45) is 5.39. The van der Waals surface area contributed by atoms with Crippen LogP contribution in [0.25, 0.3) is 0 Å². The van der Waals surface area contributed by atoms with E-state index in [0.717, 1.165) is 5.56 Å². The third-order valence-corrected chi connectivity index (χ3v) is 3.46. The number of nitrogens with one attached hydrogen (secondary N) is 1. The van der Waals surface area contributed by atoms with Crippen LogP contribution < -0.4 is 22.5 Å². The molecule has 0 aliphatic heterocycles. The van der Waals surface area contributed by atoms with Crippen molar-refractivity contribution in [2.75, 3.05) is 12.3 Å². The van der Waals surface area contributed by atoms with Gasteiger partial charge >= 0.3 is 0 Å². The van der Waals surface area contributed by atoms with Crippen molar-refractivity contribution in [3.63, 3.8) is 0 Å². The molecule has 0 radical (unpaired) electrons. The summed E-state index contributed by atoms with van der Waals surface area (Å²) in [5, 5.41) is 3.15. The number of amides is 1. The first-order valence-electron chi connectivity index (χ1n) is 7.33. The molecule has 9 heteroatoms. The highest BCUT2D eigenvalue weighted by Crippen LogP contribution is 2.19. The van der Waals surface area contributed by atoms with E-state index < -0.39 is 5.91 Å². The number of aromatic nitrogens is 2. The van der Waals surface area contributed by atoms with Gasteiger partial charge in [-0.15, -0.1) is 0 Å². The molecule has 2 rings (SSSR count). The molecule has 1 heterocycles. The summed E-state index contributed by atoms with van der Waals surface area (Å²) in [7, 11) is 0. The van der Waals surface area contributed by atoms with Gasteiger partial charge in [0.1, 0.15) is 0 Å². The highest BCUT2D eigenvalue weighted by molar-refractivity contribution is 6.30. The average Bonchev–Trinajstić information content (AvgIpc) is 2.61. The molecule has 0 saturated carbocycles. The Hall–Kier alpha value is -2.97. The molecule has 0 bridgehead atoms. The van der Waals surface area contributed by atoms with E-state index in [-0.39, 0.29) is 29.8 Å². The van der Waals surface area contributed by atoms with Gasteiger partial charge in [0, 0.05) is 36.4 Å². The number of nitrogens with two attached hydrogens (primary N) is 3. The number of hydrogen-bond acceptors (Lipinski definition) is 7. The standard InChI is InChI=1S/C16H18ClN7O/c17-11-3-1-2-10(6-11)13(8-19)23-9-12(7-18)24-16(25)14-15(20)22-5-4-21-14/h1-7,9,13H,8,18-19H2,(H2,20,22)(H,24,25)/b12-7+,23-9?. The van der Waals surface area contributed by atoms with Crippen LogP contribution >= 0.6 is 11.6 Å². The topological polar surface area (TPSA) is 145 Å². The number of allylic oxidation sites excluding steroid dienone is 1. The van der Waals surface area contributed by atoms with E-state index in [1.165, 1.54) is 24.8 Å². The number of rotatable bonds is 6. The molecule has 25 heavy (non-hydrogen) atoms. The first kappa shape index (κ1) is 18.4. The second kappa shape index (κ2) is 8.76. The molecule has 1 unspecified atom stereocenters. The van der Waals surface area contributed by atoms with Gasteiger partial charge in [0.05, 0.1) is 11.7 Å². The quantitative estimate of drug-likeness (QED) is 0.566. The van der Waals surface area contributed by atoms with E-state index in [1.807, 2.05) is 12.1 Å². The van der Waals surface area contributed by atoms with Gasteiger partial charge in [0.25, 0.3) is 5.91 Å². The largest absolute Gasteiger partial charge is 0.403 e. The van der Waals surface area contributed by atoms with Gasteiger partial charge in [-0.1, -0.05) is 23.7 Å². The highest BCUT2D eigenvalue weighted by atomic mass is 35.5. The second-order valence-corrected chi connectivity index (χ2v) is 5.39. The SMILES string of the molecule is N/C=C(\C=NC(CN)c1cccc(Cl)c1)NC(=O)c1nccnc1N. The van der Waals surface area contributed by atoms with Gasteiger partial charge in [-0.05, 0) is 17.7 Å². The fourth-order valence-electron chi connectivity index (χ4n) is 2.00. The van der Waals surface area contributed by atoms with Crippen LogP contribution in [0.3, 0.4) is 0 Å². The summed E-state index contributed by atoms with van der Waals surface area (Å²) in [6, 6.07) is 6.90. The number of aliphatic imine (C=N–C) groups is 1. The van der Waals surface area contributed by atoms with Crippen molar-refractivity contribution in [3.8, 4) is 0 Å². The lowest BCUT2D eigenvalue weighted by Gasteiger charge is -2.11. The Morgan fingerprint density at radius 1 is 1.36 bits per heavy atom. The van der Waals surface area contributed by atoms with Crippen molar-refractivity contribution >= 4 is 29.5 Å². The van der Waals surface area contributed by atoms with E-state index in [9.17, 15) is 4.79 Å². The molecule has 0 saturated heterocycles. The van der Waals surface area contributed by atoms with E-state index >= 15 is 0 Å². The fourth-order valence-corrected chi connectivity index (χ4v) is 2.20. The predicted molar refractivity (Wildman–Crippen MR) is 97.9 cm³/mol. The molecule has 130 valence electrons. The molecule has 2 aromatic rings. The smallest absolute Gasteiger partial charge is 0.278 e. The Labute approximate surface area is 149 Å². The number of carbonyl (C=O) groups is 1. The Bertz CT molecular complexity index is 807. The Morgan fingerprint density at radius 3 is 2.76 bits per heavy atom. The Balaban J connectivity index is 2.12. The monoisotopic (exact) mass is 359 g/mol. The lowest BCUT2D eigenvalue weighted by Crippen LogP contribution is -2.26. The molecular weight excluding hydrogens is 342 g/mol. The maximum Gasteiger partial charge on any atom is 0.278 e. The second-order valence-electron chi connectivity index (χ2n) is 4.95. The maximum absolute atomic E-state index is 12.2. The van der Waals surface area contributed by atoms with Crippen molar-refractivity contribution in [1.29, 1.82) is 0 Å². The molecular formula is C16H18ClN7O. The summed E-state index contributed by atoms with van der Waals surface area (Å²) in [5.74, 6) is -0.520. The maximum atomic E-state index is 12.2. The minimum Gasteiger partial charge on any atom is -0.403 e. The van der Waals surface area contributed by atoms with Crippen LogP contribution in [-0.4, -0.2) is 28.6 Å². The summed E-state index contributed by atoms with van der Waals surface area (Å²) in [6.45, 7) is 0.264. The molecule has 0 spiro atoms. The lowest BCUT2D eigenvalue weighted by molar-refractivity contribution is 0.0963. The molecule has 7 N–H and O–H groups in total. The molecule has 0 fully saturated rings. The number of nitrogen functional groups attached to an aromatic ring is 1. The van der Waals surface area contributed by atoms with E-state index in [1.54, 1.807) is 12.1 Å². The van der Waals surface area contributed by atoms with Crippen LogP contribution in [-0.2, 0) is 0 Å². The number of hydrogen-bond donors (Lipinski definition) is 4. The summed E-state index contributed by atoms with van der Waals surface area (Å²) in [5.41, 5.74) is 18.1. The fraction of sp³-hybridized carbons (Fsp3) is 0.125. The normalized spacial score (nSPS) is 13.0. The highest BCUT2D eigenvalue weighted by Gasteiger charge is 2.13. The first-order chi connectivity index (χ1) is 12.0. The third kappa shape index (κ3) is 5.00. The number of anilines is 1. The van der Waals surface area contributed by atoms with Crippen LogP contribution in [0.15, 0.2) is 53.5 Å². The Kier molecular flexibility index (Phi) is 6.44. The summed E-state index contributed by atoms with van der Waals surface area (Å²) >= 11 is 5.98. The molecule has 8 nitrogen and oxygen atoms in total. The van der Waals surface area contributed by atoms with Crippen LogP contribution in [0.4, 0.5) is 5.82 Å². The van der Waals surface area contributed by atoms with Crippen LogP contribution in [0, 0.1) is 0 Å². The summed E-state index contributed by atoms with van der Waals surface area (Å²) in [4.78, 5) is 24.2. The number of carbonyl (C=O) groups excluding carboxylic acids is 1. The lowest BCUT2D eigenvalue weighted by atomic mass is 10.1. The van der Waals surface area contributed by atoms with Crippen molar-refractivity contribution in [1.82, 2.24) is 15.3 Å². The van der Waals surface area contributed by atoms with E-state index in [4.69, 9.17) is 28.8 Å². The molecule has 1 amide bonds. The molecule has 0 aliphatic rings. The number of halogens is 1. The molecule has 1 atom stereocenters. The average molecular weight is 360 g/mol. The third-order valence-electron chi connectivity index (χ3n) is 3.23. The zero-order valence-electron chi connectivity index (χ0n) is 13.3. The minimum atomic E-state index is -0.541. The first-order valence-corrected chi connectivity index (χ1v) is 7.71. The number of benzene rings is 1. The van der Waals surface area contributed by atoms with Gasteiger partial charge in [-0.3, -0.25) is 9.79 Å². The minimum absolute atomic E-state index is 0.000432.